The first kappa shape index (κ1) is 15.4. The summed E-state index contributed by atoms with van der Waals surface area (Å²) in [5, 5.41) is 8.10. The van der Waals surface area contributed by atoms with Crippen LogP contribution < -0.4 is 5.43 Å². The molecule has 0 unspecified atom stereocenters. The maximum Gasteiger partial charge on any atom is 0.417 e. The maximum absolute atomic E-state index is 12.9. The average molecular weight is 320 g/mol. The molecule has 0 saturated carbocycles. The van der Waals surface area contributed by atoms with Crippen molar-refractivity contribution >= 4 is 28.5 Å². The van der Waals surface area contributed by atoms with E-state index in [0.717, 1.165) is 18.2 Å². The highest BCUT2D eigenvalue weighted by Crippen LogP contribution is 2.36. The van der Waals surface area contributed by atoms with E-state index in [4.69, 9.17) is 16.7 Å². The number of fused-ring (bicyclic) bond motifs is 1. The van der Waals surface area contributed by atoms with E-state index in [0.29, 0.717) is 0 Å². The lowest BCUT2D eigenvalue weighted by atomic mass is 10.1. The summed E-state index contributed by atoms with van der Waals surface area (Å²) >= 11 is 5.58. The van der Waals surface area contributed by atoms with Crippen molar-refractivity contribution in [3.8, 4) is 0 Å². The number of carboxylic acid groups (broad SMARTS) is 1. The van der Waals surface area contributed by atoms with Crippen molar-refractivity contribution in [1.29, 1.82) is 0 Å². The number of alkyl halides is 3. The number of carboxylic acids is 1. The molecular formula is C13H9ClF3NO3. The second-order valence-electron chi connectivity index (χ2n) is 4.36. The highest BCUT2D eigenvalue weighted by Gasteiger charge is 2.33. The molecule has 0 spiro atoms. The summed E-state index contributed by atoms with van der Waals surface area (Å²) in [6, 6.07) is 2.88. The molecule has 0 aliphatic heterocycles. The fraction of sp³-hybridized carbons (Fsp3) is 0.231. The second-order valence-corrected chi connectivity index (χ2v) is 4.77. The molecule has 0 aliphatic carbocycles. The van der Waals surface area contributed by atoms with Crippen LogP contribution in [0.2, 0.25) is 5.02 Å². The SMILES string of the molecule is O=C(O)CCn1ccc(=O)c2cc(Cl)c(C(F)(F)F)cc21. The number of rotatable bonds is 3. The lowest BCUT2D eigenvalue weighted by Crippen LogP contribution is -2.13. The standard InChI is InChI=1S/C13H9ClF3NO3/c14-9-5-7-10(6-8(9)13(15,16)17)18(3-1-11(7)19)4-2-12(20)21/h1,3,5-6H,2,4H2,(H,20,21). The Bertz CT molecular complexity index is 768. The summed E-state index contributed by atoms with van der Waals surface area (Å²) < 4.78 is 39.9. The third kappa shape index (κ3) is 3.18. The van der Waals surface area contributed by atoms with Crippen molar-refractivity contribution in [3.63, 3.8) is 0 Å². The molecular weight excluding hydrogens is 311 g/mol. The molecule has 1 heterocycles. The highest BCUT2D eigenvalue weighted by molar-refractivity contribution is 6.32. The Morgan fingerprint density at radius 1 is 1.33 bits per heavy atom. The number of hydrogen-bond donors (Lipinski definition) is 1. The predicted octanol–water partition coefficient (Wildman–Crippen LogP) is 3.15. The van der Waals surface area contributed by atoms with E-state index in [2.05, 4.69) is 0 Å². The van der Waals surface area contributed by atoms with E-state index in [1.165, 1.54) is 10.8 Å². The number of hydrogen-bond acceptors (Lipinski definition) is 2. The van der Waals surface area contributed by atoms with Gasteiger partial charge in [0.25, 0.3) is 0 Å². The van der Waals surface area contributed by atoms with Gasteiger partial charge in [-0.1, -0.05) is 11.6 Å². The molecule has 21 heavy (non-hydrogen) atoms. The van der Waals surface area contributed by atoms with E-state index < -0.39 is 28.2 Å². The highest BCUT2D eigenvalue weighted by atomic mass is 35.5. The zero-order valence-electron chi connectivity index (χ0n) is 10.4. The Morgan fingerprint density at radius 3 is 2.57 bits per heavy atom. The van der Waals surface area contributed by atoms with Gasteiger partial charge in [-0.15, -0.1) is 0 Å². The van der Waals surface area contributed by atoms with Crippen LogP contribution in [0, 0.1) is 0 Å². The minimum atomic E-state index is -4.66. The quantitative estimate of drug-likeness (QED) is 0.945. The summed E-state index contributed by atoms with van der Waals surface area (Å²) in [6.07, 6.45) is -3.67. The van der Waals surface area contributed by atoms with Crippen LogP contribution in [-0.4, -0.2) is 15.6 Å². The summed E-state index contributed by atoms with van der Waals surface area (Å²) in [7, 11) is 0. The van der Waals surface area contributed by atoms with Crippen molar-refractivity contribution in [2.24, 2.45) is 0 Å². The summed E-state index contributed by atoms with van der Waals surface area (Å²) in [4.78, 5) is 22.3. The molecule has 0 saturated heterocycles. The maximum atomic E-state index is 12.9. The third-order valence-electron chi connectivity index (χ3n) is 2.94. The molecule has 0 fully saturated rings. The van der Waals surface area contributed by atoms with Crippen molar-refractivity contribution in [2.75, 3.05) is 0 Å². The Balaban J connectivity index is 2.69. The van der Waals surface area contributed by atoms with Gasteiger partial charge in [0.1, 0.15) is 0 Å². The van der Waals surface area contributed by atoms with E-state index in [-0.39, 0.29) is 23.9 Å². The van der Waals surface area contributed by atoms with Crippen LogP contribution in [0.5, 0.6) is 0 Å². The normalized spacial score (nSPS) is 11.8. The van der Waals surface area contributed by atoms with Gasteiger partial charge in [-0.2, -0.15) is 13.2 Å². The molecule has 1 N–H and O–H groups in total. The lowest BCUT2D eigenvalue weighted by molar-refractivity contribution is -0.138. The summed E-state index contributed by atoms with van der Waals surface area (Å²) in [5.41, 5.74) is -1.54. The number of nitrogens with zero attached hydrogens (tertiary/aromatic N) is 1. The minimum absolute atomic E-state index is 0.000440. The topological polar surface area (TPSA) is 59.3 Å². The first-order valence-electron chi connectivity index (χ1n) is 5.82. The molecule has 0 radical (unpaired) electrons. The number of aromatic nitrogens is 1. The third-order valence-corrected chi connectivity index (χ3v) is 3.25. The monoisotopic (exact) mass is 319 g/mol. The van der Waals surface area contributed by atoms with Gasteiger partial charge in [0, 0.05) is 24.2 Å². The first-order chi connectivity index (χ1) is 9.70. The van der Waals surface area contributed by atoms with Gasteiger partial charge >= 0.3 is 12.1 Å². The van der Waals surface area contributed by atoms with Gasteiger partial charge in [0.15, 0.2) is 5.43 Å². The molecule has 112 valence electrons. The van der Waals surface area contributed by atoms with Crippen molar-refractivity contribution in [3.05, 3.63) is 45.2 Å². The minimum Gasteiger partial charge on any atom is -0.481 e. The van der Waals surface area contributed by atoms with Crippen molar-refractivity contribution in [2.45, 2.75) is 19.1 Å². The molecule has 0 amide bonds. The van der Waals surface area contributed by atoms with Gasteiger partial charge in [-0.05, 0) is 12.1 Å². The Hall–Kier alpha value is -2.02. The van der Waals surface area contributed by atoms with Crippen molar-refractivity contribution < 1.29 is 23.1 Å². The van der Waals surface area contributed by atoms with E-state index in [9.17, 15) is 22.8 Å². The molecule has 8 heteroatoms. The van der Waals surface area contributed by atoms with Crippen LogP contribution in [0.15, 0.2) is 29.2 Å². The van der Waals surface area contributed by atoms with Crippen LogP contribution in [0.3, 0.4) is 0 Å². The Labute approximate surface area is 121 Å². The fourth-order valence-electron chi connectivity index (χ4n) is 1.95. The summed E-state index contributed by atoms with van der Waals surface area (Å²) in [6.45, 7) is -0.0506. The smallest absolute Gasteiger partial charge is 0.417 e. The number of benzene rings is 1. The van der Waals surface area contributed by atoms with Crippen molar-refractivity contribution in [1.82, 2.24) is 4.57 Å². The number of carbonyl (C=O) groups is 1. The van der Waals surface area contributed by atoms with Crippen LogP contribution in [-0.2, 0) is 17.5 Å². The molecule has 4 nitrogen and oxygen atoms in total. The number of halogens is 4. The molecule has 0 atom stereocenters. The van der Waals surface area contributed by atoms with Crippen LogP contribution in [0.1, 0.15) is 12.0 Å². The largest absolute Gasteiger partial charge is 0.481 e. The number of aryl methyl sites for hydroxylation is 1. The summed E-state index contributed by atoms with van der Waals surface area (Å²) in [5.74, 6) is -1.09. The molecule has 1 aromatic heterocycles. The number of pyridine rings is 1. The second kappa shape index (κ2) is 5.40. The average Bonchev–Trinajstić information content (AvgIpc) is 2.36. The van der Waals surface area contributed by atoms with E-state index in [1.54, 1.807) is 0 Å². The van der Waals surface area contributed by atoms with Gasteiger partial charge in [-0.25, -0.2) is 0 Å². The molecule has 0 bridgehead atoms. The van der Waals surface area contributed by atoms with Gasteiger partial charge in [-0.3, -0.25) is 9.59 Å². The predicted molar refractivity (Wildman–Crippen MR) is 70.5 cm³/mol. The van der Waals surface area contributed by atoms with Gasteiger partial charge in [0.2, 0.25) is 0 Å². The molecule has 2 rings (SSSR count). The lowest BCUT2D eigenvalue weighted by Gasteiger charge is -2.14. The zero-order valence-corrected chi connectivity index (χ0v) is 11.2. The molecule has 1 aromatic carbocycles. The van der Waals surface area contributed by atoms with Gasteiger partial charge in [0.05, 0.1) is 22.5 Å². The number of aliphatic carboxylic acids is 1. The van der Waals surface area contributed by atoms with Crippen LogP contribution in [0.25, 0.3) is 10.9 Å². The molecule has 0 aliphatic rings. The first-order valence-corrected chi connectivity index (χ1v) is 6.19. The van der Waals surface area contributed by atoms with E-state index >= 15 is 0 Å². The van der Waals surface area contributed by atoms with E-state index in [1.807, 2.05) is 0 Å². The van der Waals surface area contributed by atoms with Crippen LogP contribution in [0.4, 0.5) is 13.2 Å². The Morgan fingerprint density at radius 2 is 2.00 bits per heavy atom. The fourth-order valence-corrected chi connectivity index (χ4v) is 2.22. The molecule has 2 aromatic rings. The van der Waals surface area contributed by atoms with Crippen LogP contribution >= 0.6 is 11.6 Å². The van der Waals surface area contributed by atoms with Gasteiger partial charge < -0.3 is 9.67 Å². The Kier molecular flexibility index (Phi) is 3.95. The zero-order chi connectivity index (χ0) is 15.8.